The Morgan fingerprint density at radius 3 is 2.56 bits per heavy atom. The van der Waals surface area contributed by atoms with Crippen molar-refractivity contribution in [1.82, 2.24) is 4.83 Å². The van der Waals surface area contributed by atoms with Crippen molar-refractivity contribution in [3.05, 3.63) is 63.2 Å². The first-order valence-electron chi connectivity index (χ1n) is 7.05. The van der Waals surface area contributed by atoms with Gasteiger partial charge in [0.1, 0.15) is 10.8 Å². The number of halogens is 1. The van der Waals surface area contributed by atoms with Crippen LogP contribution >= 0.6 is 11.6 Å². The Morgan fingerprint density at radius 2 is 1.96 bits per heavy atom. The highest BCUT2D eigenvalue weighted by atomic mass is 35.5. The average Bonchev–Trinajstić information content (AvgIpc) is 2.57. The lowest BCUT2D eigenvalue weighted by Gasteiger charge is -2.05. The summed E-state index contributed by atoms with van der Waals surface area (Å²) in [6, 6.07) is 9.84. The largest absolute Gasteiger partial charge is 0.494 e. The molecule has 2 aromatic rings. The van der Waals surface area contributed by atoms with Gasteiger partial charge in [0, 0.05) is 11.6 Å². The predicted octanol–water partition coefficient (Wildman–Crippen LogP) is 2.96. The molecule has 0 unspecified atom stereocenters. The molecular formula is C15H14ClN3O5S. The van der Waals surface area contributed by atoms with Crippen molar-refractivity contribution in [2.24, 2.45) is 5.10 Å². The summed E-state index contributed by atoms with van der Waals surface area (Å²) >= 11 is 5.71. The van der Waals surface area contributed by atoms with E-state index in [1.165, 1.54) is 42.5 Å². The number of nitro benzene ring substituents is 1. The van der Waals surface area contributed by atoms with Gasteiger partial charge in [-0.05, 0) is 37.3 Å². The van der Waals surface area contributed by atoms with Crippen LogP contribution in [0.1, 0.15) is 12.5 Å². The topological polar surface area (TPSA) is 111 Å². The Balaban J connectivity index is 2.12. The second-order valence-corrected chi connectivity index (χ2v) is 6.79. The van der Waals surface area contributed by atoms with E-state index in [9.17, 15) is 18.5 Å². The van der Waals surface area contributed by atoms with Gasteiger partial charge < -0.3 is 4.74 Å². The standard InChI is InChI=1S/C15H14ClN3O5S/c1-2-24-12-4-6-13(7-5-12)25(22,23)18-17-10-11-3-8-14(16)15(9-11)19(20)21/h3-10,18H,2H2,1H3/b17-10-. The molecule has 0 atom stereocenters. The molecule has 0 aliphatic rings. The van der Waals surface area contributed by atoms with Gasteiger partial charge in [-0.1, -0.05) is 17.7 Å². The number of sulfonamides is 1. The van der Waals surface area contributed by atoms with Gasteiger partial charge in [0.2, 0.25) is 0 Å². The Bertz CT molecular complexity index is 898. The van der Waals surface area contributed by atoms with Gasteiger partial charge in [-0.2, -0.15) is 13.5 Å². The van der Waals surface area contributed by atoms with Crippen molar-refractivity contribution in [2.75, 3.05) is 6.61 Å². The highest BCUT2D eigenvalue weighted by Crippen LogP contribution is 2.24. The maximum Gasteiger partial charge on any atom is 0.288 e. The first-order valence-corrected chi connectivity index (χ1v) is 8.91. The average molecular weight is 384 g/mol. The van der Waals surface area contributed by atoms with Gasteiger partial charge >= 0.3 is 0 Å². The SMILES string of the molecule is CCOc1ccc(S(=O)(=O)N/N=C\c2ccc(Cl)c([N+](=O)[O-])c2)cc1. The molecule has 1 N–H and O–H groups in total. The lowest BCUT2D eigenvalue weighted by molar-refractivity contribution is -0.384. The first-order chi connectivity index (χ1) is 11.8. The van der Waals surface area contributed by atoms with E-state index < -0.39 is 14.9 Å². The summed E-state index contributed by atoms with van der Waals surface area (Å²) in [7, 11) is -3.86. The van der Waals surface area contributed by atoms with Gasteiger partial charge in [-0.25, -0.2) is 4.83 Å². The van der Waals surface area contributed by atoms with Crippen LogP contribution in [0, 0.1) is 10.1 Å². The van der Waals surface area contributed by atoms with Gasteiger partial charge in [0.25, 0.3) is 15.7 Å². The fourth-order valence-corrected chi connectivity index (χ4v) is 2.83. The number of nitrogens with one attached hydrogen (secondary N) is 1. The number of nitrogens with zero attached hydrogens (tertiary/aromatic N) is 2. The fourth-order valence-electron chi connectivity index (χ4n) is 1.85. The number of ether oxygens (including phenoxy) is 1. The van der Waals surface area contributed by atoms with Gasteiger partial charge in [0.05, 0.1) is 22.6 Å². The van der Waals surface area contributed by atoms with Crippen LogP contribution in [-0.4, -0.2) is 26.2 Å². The van der Waals surface area contributed by atoms with Crippen LogP contribution in [0.3, 0.4) is 0 Å². The van der Waals surface area contributed by atoms with Crippen molar-refractivity contribution in [3.63, 3.8) is 0 Å². The molecule has 8 nitrogen and oxygen atoms in total. The minimum atomic E-state index is -3.86. The van der Waals surface area contributed by atoms with Crippen LogP contribution in [0.15, 0.2) is 52.5 Å². The molecule has 10 heteroatoms. The summed E-state index contributed by atoms with van der Waals surface area (Å²) in [4.78, 5) is 12.2. The fraction of sp³-hybridized carbons (Fsp3) is 0.133. The Hall–Kier alpha value is -2.65. The number of hydrazone groups is 1. The third kappa shape index (κ3) is 4.91. The zero-order valence-corrected chi connectivity index (χ0v) is 14.6. The zero-order chi connectivity index (χ0) is 18.4. The maximum atomic E-state index is 12.1. The molecule has 132 valence electrons. The van der Waals surface area contributed by atoms with Crippen LogP contribution in [0.5, 0.6) is 5.75 Å². The second kappa shape index (κ2) is 7.95. The van der Waals surface area contributed by atoms with Crippen molar-refractivity contribution >= 4 is 33.5 Å². The third-order valence-electron chi connectivity index (χ3n) is 3.00. The second-order valence-electron chi connectivity index (χ2n) is 4.73. The number of hydrogen-bond donors (Lipinski definition) is 1. The van der Waals surface area contributed by atoms with Crippen LogP contribution in [0.2, 0.25) is 5.02 Å². The van der Waals surface area contributed by atoms with Crippen molar-refractivity contribution in [2.45, 2.75) is 11.8 Å². The molecule has 2 aromatic carbocycles. The molecule has 0 heterocycles. The van der Waals surface area contributed by atoms with Gasteiger partial charge in [0.15, 0.2) is 0 Å². The van der Waals surface area contributed by atoms with E-state index >= 15 is 0 Å². The molecule has 0 fully saturated rings. The van der Waals surface area contributed by atoms with Crippen molar-refractivity contribution < 1.29 is 18.1 Å². The molecule has 0 saturated heterocycles. The summed E-state index contributed by atoms with van der Waals surface area (Å²) < 4.78 is 29.5. The smallest absolute Gasteiger partial charge is 0.288 e. The summed E-state index contributed by atoms with van der Waals surface area (Å²) in [5.41, 5.74) is 0.0329. The third-order valence-corrected chi connectivity index (χ3v) is 4.56. The van der Waals surface area contributed by atoms with Crippen LogP contribution in [0.4, 0.5) is 5.69 Å². The molecule has 0 aliphatic heterocycles. The van der Waals surface area contributed by atoms with E-state index in [0.29, 0.717) is 17.9 Å². The highest BCUT2D eigenvalue weighted by Gasteiger charge is 2.14. The molecular weight excluding hydrogens is 370 g/mol. The van der Waals surface area contributed by atoms with Gasteiger partial charge in [-0.15, -0.1) is 0 Å². The zero-order valence-electron chi connectivity index (χ0n) is 13.0. The number of benzene rings is 2. The Morgan fingerprint density at radius 1 is 1.28 bits per heavy atom. The molecule has 0 saturated carbocycles. The normalized spacial score (nSPS) is 11.4. The quantitative estimate of drug-likeness (QED) is 0.449. The Labute approximate surface area is 149 Å². The lowest BCUT2D eigenvalue weighted by atomic mass is 10.2. The minimum Gasteiger partial charge on any atom is -0.494 e. The molecule has 2 rings (SSSR count). The van der Waals surface area contributed by atoms with E-state index in [-0.39, 0.29) is 15.6 Å². The van der Waals surface area contributed by atoms with Crippen LogP contribution in [-0.2, 0) is 10.0 Å². The summed E-state index contributed by atoms with van der Waals surface area (Å²) in [5, 5.41) is 14.4. The Kier molecular flexibility index (Phi) is 5.94. The predicted molar refractivity (Wildman–Crippen MR) is 93.6 cm³/mol. The molecule has 0 radical (unpaired) electrons. The lowest BCUT2D eigenvalue weighted by Crippen LogP contribution is -2.18. The highest BCUT2D eigenvalue weighted by molar-refractivity contribution is 7.89. The molecule has 0 spiro atoms. The minimum absolute atomic E-state index is 0.00943. The van der Waals surface area contributed by atoms with Crippen LogP contribution < -0.4 is 9.57 Å². The number of hydrogen-bond acceptors (Lipinski definition) is 6. The molecule has 0 amide bonds. The summed E-state index contributed by atoms with van der Waals surface area (Å²) in [6.07, 6.45) is 1.15. The molecule has 0 aliphatic carbocycles. The summed E-state index contributed by atoms with van der Waals surface area (Å²) in [6.45, 7) is 2.30. The maximum absolute atomic E-state index is 12.1. The molecule has 0 bridgehead atoms. The first kappa shape index (κ1) is 18.7. The van der Waals surface area contributed by atoms with Gasteiger partial charge in [-0.3, -0.25) is 10.1 Å². The van der Waals surface area contributed by atoms with E-state index in [0.717, 1.165) is 6.21 Å². The van der Waals surface area contributed by atoms with E-state index in [1.807, 2.05) is 11.8 Å². The number of nitro groups is 1. The summed E-state index contributed by atoms with van der Waals surface area (Å²) in [5.74, 6) is 0.554. The molecule has 0 aromatic heterocycles. The van der Waals surface area contributed by atoms with E-state index in [1.54, 1.807) is 0 Å². The van der Waals surface area contributed by atoms with E-state index in [4.69, 9.17) is 16.3 Å². The van der Waals surface area contributed by atoms with Crippen molar-refractivity contribution in [1.29, 1.82) is 0 Å². The van der Waals surface area contributed by atoms with E-state index in [2.05, 4.69) is 5.10 Å². The van der Waals surface area contributed by atoms with Crippen LogP contribution in [0.25, 0.3) is 0 Å². The number of rotatable bonds is 7. The monoisotopic (exact) mass is 383 g/mol. The van der Waals surface area contributed by atoms with Crippen molar-refractivity contribution in [3.8, 4) is 5.75 Å². The molecule has 25 heavy (non-hydrogen) atoms.